The van der Waals surface area contributed by atoms with Crippen molar-refractivity contribution in [2.24, 2.45) is 0 Å². The van der Waals surface area contributed by atoms with E-state index in [2.05, 4.69) is 31.0 Å². The summed E-state index contributed by atoms with van der Waals surface area (Å²) in [5, 5.41) is 10.8. The molecule has 0 bridgehead atoms. The highest BCUT2D eigenvalue weighted by molar-refractivity contribution is 9.10. The molecule has 0 unspecified atom stereocenters. The number of nitrogens with zero attached hydrogens (tertiary/aromatic N) is 1. The second kappa shape index (κ2) is 6.19. The molecule has 0 aliphatic carbocycles. The summed E-state index contributed by atoms with van der Waals surface area (Å²) >= 11 is 3.16. The molecular weight excluding hydrogens is 280 g/mol. The van der Waals surface area contributed by atoms with Gasteiger partial charge in [-0.2, -0.15) is 0 Å². The first-order chi connectivity index (χ1) is 7.58. The molecule has 7 heteroatoms. The maximum atomic E-state index is 11.2. The lowest BCUT2D eigenvalue weighted by Gasteiger charge is -2.04. The van der Waals surface area contributed by atoms with Crippen LogP contribution in [0.3, 0.4) is 0 Å². The van der Waals surface area contributed by atoms with Gasteiger partial charge in [-0.25, -0.2) is 9.78 Å². The number of halogens is 1. The number of aromatic nitrogens is 1. The number of ether oxygens (including phenoxy) is 1. The first kappa shape index (κ1) is 12.6. The Morgan fingerprint density at radius 3 is 2.75 bits per heavy atom. The van der Waals surface area contributed by atoms with E-state index in [1.54, 1.807) is 12.1 Å². The van der Waals surface area contributed by atoms with E-state index in [0.29, 0.717) is 10.3 Å². The van der Waals surface area contributed by atoms with Gasteiger partial charge >= 0.3 is 5.97 Å². The van der Waals surface area contributed by atoms with E-state index >= 15 is 0 Å². The summed E-state index contributed by atoms with van der Waals surface area (Å²) in [5.41, 5.74) is 0.520. The van der Waals surface area contributed by atoms with Crippen LogP contribution in [0, 0.1) is 0 Å². The fourth-order valence-electron chi connectivity index (χ4n) is 0.878. The number of carbonyl (C=O) groups is 2. The number of aliphatic carboxylic acids is 1. The SMILES string of the molecule is O=C(O)COCC(=O)Nc1ccc(Br)nc1. The van der Waals surface area contributed by atoms with Gasteiger partial charge in [-0.05, 0) is 28.1 Å². The largest absolute Gasteiger partial charge is 0.480 e. The Balaban J connectivity index is 2.34. The minimum atomic E-state index is -1.11. The van der Waals surface area contributed by atoms with Crippen LogP contribution in [0.4, 0.5) is 5.69 Å². The zero-order chi connectivity index (χ0) is 12.0. The highest BCUT2D eigenvalue weighted by atomic mass is 79.9. The number of amides is 1. The van der Waals surface area contributed by atoms with E-state index in [9.17, 15) is 9.59 Å². The zero-order valence-electron chi connectivity index (χ0n) is 8.14. The molecule has 0 aliphatic rings. The number of carbonyl (C=O) groups excluding carboxylic acids is 1. The Labute approximate surface area is 99.8 Å². The van der Waals surface area contributed by atoms with E-state index < -0.39 is 18.5 Å². The highest BCUT2D eigenvalue weighted by Gasteiger charge is 2.04. The first-order valence-corrected chi connectivity index (χ1v) is 5.08. The van der Waals surface area contributed by atoms with E-state index in [4.69, 9.17) is 5.11 Å². The van der Waals surface area contributed by atoms with Crippen molar-refractivity contribution < 1.29 is 19.4 Å². The molecule has 2 N–H and O–H groups in total. The molecule has 1 heterocycles. The number of carboxylic acids is 1. The van der Waals surface area contributed by atoms with Crippen LogP contribution in [0.15, 0.2) is 22.9 Å². The molecule has 86 valence electrons. The van der Waals surface area contributed by atoms with Gasteiger partial charge < -0.3 is 15.2 Å². The van der Waals surface area contributed by atoms with Crippen molar-refractivity contribution in [3.05, 3.63) is 22.9 Å². The normalized spacial score (nSPS) is 9.81. The van der Waals surface area contributed by atoms with Gasteiger partial charge in [0.15, 0.2) is 0 Å². The molecule has 0 spiro atoms. The number of carboxylic acid groups (broad SMARTS) is 1. The fourth-order valence-corrected chi connectivity index (χ4v) is 1.11. The smallest absolute Gasteiger partial charge is 0.329 e. The third-order valence-corrected chi connectivity index (χ3v) is 1.94. The Morgan fingerprint density at radius 1 is 1.44 bits per heavy atom. The standard InChI is InChI=1S/C9H9BrN2O4/c10-7-2-1-6(3-11-7)12-8(13)4-16-5-9(14)15/h1-3H,4-5H2,(H,12,13)(H,14,15). The molecule has 1 aromatic rings. The molecule has 1 rings (SSSR count). The fraction of sp³-hybridized carbons (Fsp3) is 0.222. The number of pyridine rings is 1. The monoisotopic (exact) mass is 288 g/mol. The molecule has 0 aliphatic heterocycles. The average Bonchev–Trinajstić information content (AvgIpc) is 2.21. The third-order valence-electron chi connectivity index (χ3n) is 1.47. The van der Waals surface area contributed by atoms with Crippen molar-refractivity contribution in [1.82, 2.24) is 4.98 Å². The van der Waals surface area contributed by atoms with Gasteiger partial charge in [0.1, 0.15) is 17.8 Å². The van der Waals surface area contributed by atoms with Crippen LogP contribution in [-0.4, -0.2) is 35.2 Å². The topological polar surface area (TPSA) is 88.5 Å². The van der Waals surface area contributed by atoms with Crippen molar-refractivity contribution in [3.8, 4) is 0 Å². The Morgan fingerprint density at radius 2 is 2.19 bits per heavy atom. The van der Waals surface area contributed by atoms with E-state index in [1.165, 1.54) is 6.20 Å². The van der Waals surface area contributed by atoms with Crippen molar-refractivity contribution in [2.75, 3.05) is 18.5 Å². The maximum absolute atomic E-state index is 11.2. The van der Waals surface area contributed by atoms with Gasteiger partial charge in [0.25, 0.3) is 0 Å². The van der Waals surface area contributed by atoms with Crippen LogP contribution < -0.4 is 5.32 Å². The lowest BCUT2D eigenvalue weighted by molar-refractivity contribution is -0.143. The second-order valence-electron chi connectivity index (χ2n) is 2.80. The quantitative estimate of drug-likeness (QED) is 0.786. The van der Waals surface area contributed by atoms with Gasteiger partial charge in [-0.15, -0.1) is 0 Å². The number of hydrogen-bond acceptors (Lipinski definition) is 4. The molecule has 0 atom stereocenters. The Hall–Kier alpha value is -1.47. The summed E-state index contributed by atoms with van der Waals surface area (Å²) in [4.78, 5) is 25.2. The van der Waals surface area contributed by atoms with Gasteiger partial charge in [-0.3, -0.25) is 4.79 Å². The summed E-state index contributed by atoms with van der Waals surface area (Å²) in [5.74, 6) is -1.54. The van der Waals surface area contributed by atoms with Crippen molar-refractivity contribution in [2.45, 2.75) is 0 Å². The number of nitrogens with one attached hydrogen (secondary N) is 1. The third kappa shape index (κ3) is 4.85. The molecule has 16 heavy (non-hydrogen) atoms. The van der Waals surface area contributed by atoms with Crippen molar-refractivity contribution in [1.29, 1.82) is 0 Å². The summed E-state index contributed by atoms with van der Waals surface area (Å²) in [6.07, 6.45) is 1.47. The van der Waals surface area contributed by atoms with Crippen molar-refractivity contribution in [3.63, 3.8) is 0 Å². The molecule has 6 nitrogen and oxygen atoms in total. The molecule has 0 aromatic carbocycles. The highest BCUT2D eigenvalue weighted by Crippen LogP contribution is 2.09. The van der Waals surface area contributed by atoms with Crippen LogP contribution in [0.1, 0.15) is 0 Å². The summed E-state index contributed by atoms with van der Waals surface area (Å²) in [7, 11) is 0. The lowest BCUT2D eigenvalue weighted by atomic mass is 10.4. The molecule has 1 aromatic heterocycles. The summed E-state index contributed by atoms with van der Waals surface area (Å²) < 4.78 is 5.27. The van der Waals surface area contributed by atoms with Gasteiger partial charge in [0, 0.05) is 0 Å². The van der Waals surface area contributed by atoms with E-state index in [-0.39, 0.29) is 6.61 Å². The second-order valence-corrected chi connectivity index (χ2v) is 3.62. The summed E-state index contributed by atoms with van der Waals surface area (Å²) in [6.45, 7) is -0.797. The number of rotatable bonds is 5. The minimum Gasteiger partial charge on any atom is -0.480 e. The zero-order valence-corrected chi connectivity index (χ0v) is 9.73. The minimum absolute atomic E-state index is 0.303. The average molecular weight is 289 g/mol. The first-order valence-electron chi connectivity index (χ1n) is 4.29. The molecular formula is C9H9BrN2O4. The molecule has 0 fully saturated rings. The molecule has 0 saturated carbocycles. The van der Waals surface area contributed by atoms with Gasteiger partial charge in [0.05, 0.1) is 11.9 Å². The predicted octanol–water partition coefficient (Wildman–Crippen LogP) is 0.884. The predicted molar refractivity (Wildman–Crippen MR) is 59.0 cm³/mol. The number of hydrogen-bond donors (Lipinski definition) is 2. The molecule has 1 amide bonds. The van der Waals surface area contributed by atoms with Crippen LogP contribution in [-0.2, 0) is 14.3 Å². The van der Waals surface area contributed by atoms with Crippen LogP contribution in [0.25, 0.3) is 0 Å². The van der Waals surface area contributed by atoms with Crippen LogP contribution in [0.5, 0.6) is 0 Å². The molecule has 0 radical (unpaired) electrons. The van der Waals surface area contributed by atoms with Crippen LogP contribution in [0.2, 0.25) is 0 Å². The lowest BCUT2D eigenvalue weighted by Crippen LogP contribution is -2.20. The maximum Gasteiger partial charge on any atom is 0.329 e. The Bertz CT molecular complexity index is 380. The van der Waals surface area contributed by atoms with Crippen molar-refractivity contribution >= 4 is 33.5 Å². The van der Waals surface area contributed by atoms with Gasteiger partial charge in [-0.1, -0.05) is 0 Å². The molecule has 0 saturated heterocycles. The number of anilines is 1. The summed E-state index contributed by atoms with van der Waals surface area (Å²) in [6, 6.07) is 3.33. The van der Waals surface area contributed by atoms with E-state index in [1.807, 2.05) is 0 Å². The van der Waals surface area contributed by atoms with E-state index in [0.717, 1.165) is 0 Å². The van der Waals surface area contributed by atoms with Gasteiger partial charge in [0.2, 0.25) is 5.91 Å². The Kier molecular flexibility index (Phi) is 4.87. The van der Waals surface area contributed by atoms with Crippen LogP contribution >= 0.6 is 15.9 Å².